The summed E-state index contributed by atoms with van der Waals surface area (Å²) in [4.78, 5) is 10.8. The second-order valence-electron chi connectivity index (χ2n) is 4.70. The van der Waals surface area contributed by atoms with Crippen molar-refractivity contribution >= 4 is 16.0 Å². The van der Waals surface area contributed by atoms with E-state index in [9.17, 15) is 13.2 Å². The number of aliphatic carboxylic acids is 1. The number of hydrogen-bond acceptors (Lipinski definition) is 3. The molecular formula is C12H19NO4S. The molecule has 0 radical (unpaired) electrons. The van der Waals surface area contributed by atoms with Gasteiger partial charge < -0.3 is 5.11 Å². The number of carbonyl (C=O) groups is 1. The molecule has 1 atom stereocenters. The Kier molecular flexibility index (Phi) is 5.63. The number of terminal acetylenes is 1. The Hall–Kier alpha value is -1.06. The van der Waals surface area contributed by atoms with Crippen LogP contribution in [0.4, 0.5) is 0 Å². The molecular weight excluding hydrogens is 254 g/mol. The van der Waals surface area contributed by atoms with Gasteiger partial charge in [-0.05, 0) is 18.8 Å². The van der Waals surface area contributed by atoms with Gasteiger partial charge in [0.1, 0.15) is 6.04 Å². The maximum absolute atomic E-state index is 11.8. The van der Waals surface area contributed by atoms with E-state index in [0.29, 0.717) is 0 Å². The van der Waals surface area contributed by atoms with Gasteiger partial charge in [-0.25, -0.2) is 8.42 Å². The van der Waals surface area contributed by atoms with Gasteiger partial charge >= 0.3 is 5.97 Å². The average Bonchev–Trinajstić information content (AvgIpc) is 2.28. The maximum Gasteiger partial charge on any atom is 0.322 e. The first-order valence-electron chi connectivity index (χ1n) is 6.11. The summed E-state index contributed by atoms with van der Waals surface area (Å²) >= 11 is 0. The molecule has 1 unspecified atom stereocenters. The predicted octanol–water partition coefficient (Wildman–Crippen LogP) is 0.963. The second kappa shape index (κ2) is 6.76. The van der Waals surface area contributed by atoms with Gasteiger partial charge in [0.2, 0.25) is 10.0 Å². The van der Waals surface area contributed by atoms with Gasteiger partial charge in [0.25, 0.3) is 0 Å². The van der Waals surface area contributed by atoms with E-state index in [4.69, 9.17) is 11.5 Å². The molecule has 0 bridgehead atoms. The summed E-state index contributed by atoms with van der Waals surface area (Å²) < 4.78 is 25.9. The molecule has 0 saturated heterocycles. The third kappa shape index (κ3) is 5.07. The van der Waals surface area contributed by atoms with Crippen LogP contribution in [-0.2, 0) is 14.8 Å². The van der Waals surface area contributed by atoms with Crippen LogP contribution in [0.2, 0.25) is 0 Å². The zero-order valence-electron chi connectivity index (χ0n) is 10.3. The van der Waals surface area contributed by atoms with Gasteiger partial charge in [-0.1, -0.05) is 19.3 Å². The fourth-order valence-corrected chi connectivity index (χ4v) is 3.89. The molecule has 5 nitrogen and oxygen atoms in total. The third-order valence-electron chi connectivity index (χ3n) is 3.12. The standard InChI is InChI=1S/C12H19NO4S/c1-2-6-11(12(14)15)13-18(16,17)9-10-7-4-3-5-8-10/h1,10-11,13H,3-9H2,(H,14,15). The smallest absolute Gasteiger partial charge is 0.322 e. The van der Waals surface area contributed by atoms with E-state index >= 15 is 0 Å². The summed E-state index contributed by atoms with van der Waals surface area (Å²) in [5.41, 5.74) is 0. The normalized spacial score (nSPS) is 19.1. The SMILES string of the molecule is C#CCC(NS(=O)(=O)CC1CCCCC1)C(=O)O. The number of carboxylic acid groups (broad SMARTS) is 1. The number of hydrogen-bond donors (Lipinski definition) is 2. The van der Waals surface area contributed by atoms with Crippen molar-refractivity contribution in [3.05, 3.63) is 0 Å². The number of nitrogens with one attached hydrogen (secondary N) is 1. The van der Waals surface area contributed by atoms with Crippen LogP contribution in [0.1, 0.15) is 38.5 Å². The minimum absolute atomic E-state index is 0.00134. The van der Waals surface area contributed by atoms with Crippen LogP contribution < -0.4 is 4.72 Å². The minimum atomic E-state index is -3.57. The van der Waals surface area contributed by atoms with Crippen LogP contribution in [0.15, 0.2) is 0 Å². The molecule has 0 aromatic carbocycles. The molecule has 0 amide bonds. The number of carboxylic acids is 1. The van der Waals surface area contributed by atoms with Gasteiger partial charge in [0.15, 0.2) is 0 Å². The Morgan fingerprint density at radius 3 is 2.50 bits per heavy atom. The molecule has 1 fully saturated rings. The highest BCUT2D eigenvalue weighted by molar-refractivity contribution is 7.89. The van der Waals surface area contributed by atoms with E-state index in [0.717, 1.165) is 32.1 Å². The van der Waals surface area contributed by atoms with Crippen molar-refractivity contribution in [2.75, 3.05) is 5.75 Å². The number of rotatable bonds is 6. The van der Waals surface area contributed by atoms with Crippen LogP contribution >= 0.6 is 0 Å². The van der Waals surface area contributed by atoms with Crippen LogP contribution in [0.25, 0.3) is 0 Å². The van der Waals surface area contributed by atoms with E-state index in [1.54, 1.807) is 0 Å². The monoisotopic (exact) mass is 273 g/mol. The van der Waals surface area contributed by atoms with Crippen molar-refractivity contribution in [2.45, 2.75) is 44.6 Å². The fraction of sp³-hybridized carbons (Fsp3) is 0.750. The fourth-order valence-electron chi connectivity index (χ4n) is 2.23. The molecule has 1 saturated carbocycles. The molecule has 18 heavy (non-hydrogen) atoms. The zero-order valence-corrected chi connectivity index (χ0v) is 11.1. The molecule has 0 heterocycles. The van der Waals surface area contributed by atoms with Crippen molar-refractivity contribution in [1.29, 1.82) is 0 Å². The largest absolute Gasteiger partial charge is 0.480 e. The molecule has 1 rings (SSSR count). The van der Waals surface area contributed by atoms with Gasteiger partial charge in [-0.2, -0.15) is 4.72 Å². The van der Waals surface area contributed by atoms with E-state index < -0.39 is 22.0 Å². The Morgan fingerprint density at radius 2 is 2.00 bits per heavy atom. The van der Waals surface area contributed by atoms with E-state index in [1.165, 1.54) is 0 Å². The van der Waals surface area contributed by atoms with Crippen LogP contribution in [0.5, 0.6) is 0 Å². The summed E-state index contributed by atoms with van der Waals surface area (Å²) in [7, 11) is -3.57. The van der Waals surface area contributed by atoms with E-state index in [1.807, 2.05) is 0 Å². The molecule has 2 N–H and O–H groups in total. The lowest BCUT2D eigenvalue weighted by Gasteiger charge is -2.22. The molecule has 6 heteroatoms. The summed E-state index contributed by atoms with van der Waals surface area (Å²) in [5, 5.41) is 8.85. The van der Waals surface area contributed by atoms with Crippen molar-refractivity contribution < 1.29 is 18.3 Å². The van der Waals surface area contributed by atoms with Crippen LogP contribution in [0.3, 0.4) is 0 Å². The lowest BCUT2D eigenvalue weighted by Crippen LogP contribution is -2.42. The van der Waals surface area contributed by atoms with Gasteiger partial charge in [-0.15, -0.1) is 12.3 Å². The van der Waals surface area contributed by atoms with Crippen molar-refractivity contribution in [2.24, 2.45) is 5.92 Å². The summed E-state index contributed by atoms with van der Waals surface area (Å²) in [6, 6.07) is -1.22. The summed E-state index contributed by atoms with van der Waals surface area (Å²) in [5.74, 6) is 1.07. The summed E-state index contributed by atoms with van der Waals surface area (Å²) in [6.07, 6.45) is 9.92. The Bertz CT molecular complexity index is 418. The molecule has 1 aliphatic carbocycles. The molecule has 0 aliphatic heterocycles. The first-order valence-corrected chi connectivity index (χ1v) is 7.76. The van der Waals surface area contributed by atoms with Gasteiger partial charge in [0.05, 0.1) is 5.75 Å². The molecule has 1 aliphatic rings. The predicted molar refractivity (Wildman–Crippen MR) is 68.4 cm³/mol. The summed E-state index contributed by atoms with van der Waals surface area (Å²) in [6.45, 7) is 0. The Labute approximate surface area is 108 Å². The van der Waals surface area contributed by atoms with Crippen molar-refractivity contribution in [3.8, 4) is 12.3 Å². The van der Waals surface area contributed by atoms with Crippen LogP contribution in [-0.4, -0.2) is 31.3 Å². The second-order valence-corrected chi connectivity index (χ2v) is 6.50. The maximum atomic E-state index is 11.8. The zero-order chi connectivity index (χ0) is 13.6. The van der Waals surface area contributed by atoms with Crippen LogP contribution in [0, 0.1) is 18.3 Å². The van der Waals surface area contributed by atoms with E-state index in [-0.39, 0.29) is 18.1 Å². The lowest BCUT2D eigenvalue weighted by atomic mass is 9.91. The van der Waals surface area contributed by atoms with Crippen molar-refractivity contribution in [3.63, 3.8) is 0 Å². The van der Waals surface area contributed by atoms with Gasteiger partial charge in [-0.3, -0.25) is 4.79 Å². The minimum Gasteiger partial charge on any atom is -0.480 e. The molecule has 0 spiro atoms. The quantitative estimate of drug-likeness (QED) is 0.706. The Morgan fingerprint density at radius 1 is 1.39 bits per heavy atom. The Balaban J connectivity index is 2.57. The topological polar surface area (TPSA) is 83.5 Å². The lowest BCUT2D eigenvalue weighted by molar-refractivity contribution is -0.138. The molecule has 0 aromatic rings. The van der Waals surface area contributed by atoms with Gasteiger partial charge in [0, 0.05) is 6.42 Å². The third-order valence-corrected chi connectivity index (χ3v) is 4.68. The molecule has 0 aromatic heterocycles. The average molecular weight is 273 g/mol. The highest BCUT2D eigenvalue weighted by Gasteiger charge is 2.26. The first kappa shape index (κ1) is 15.0. The molecule has 102 valence electrons. The van der Waals surface area contributed by atoms with E-state index in [2.05, 4.69) is 10.6 Å². The van der Waals surface area contributed by atoms with Crippen molar-refractivity contribution in [1.82, 2.24) is 4.72 Å². The first-order chi connectivity index (χ1) is 8.44. The highest BCUT2D eigenvalue weighted by Crippen LogP contribution is 2.24. The highest BCUT2D eigenvalue weighted by atomic mass is 32.2. The number of sulfonamides is 1.